The Balaban J connectivity index is 1.75. The van der Waals surface area contributed by atoms with Crippen LogP contribution in [0.4, 0.5) is 0 Å². The molecular weight excluding hydrogens is 334 g/mol. The van der Waals surface area contributed by atoms with Crippen LogP contribution in [0.1, 0.15) is 47.2 Å². The molecule has 1 atom stereocenters. The molecule has 0 saturated heterocycles. The second-order valence-corrected chi connectivity index (χ2v) is 7.65. The second-order valence-electron chi connectivity index (χ2n) is 7.65. The highest BCUT2D eigenvalue weighted by Gasteiger charge is 2.15. The number of hydrogen-bond acceptors (Lipinski definition) is 2. The lowest BCUT2D eigenvalue weighted by atomic mass is 9.92. The van der Waals surface area contributed by atoms with Crippen LogP contribution in [0.2, 0.25) is 0 Å². The minimum absolute atomic E-state index is 0.364. The van der Waals surface area contributed by atoms with Gasteiger partial charge < -0.3 is 10.0 Å². The van der Waals surface area contributed by atoms with Gasteiger partial charge in [-0.15, -0.1) is 0 Å². The number of aryl methyl sites for hydroxylation is 1. The van der Waals surface area contributed by atoms with E-state index in [0.717, 1.165) is 35.3 Å². The van der Waals surface area contributed by atoms with Crippen LogP contribution in [0, 0.1) is 12.8 Å². The van der Waals surface area contributed by atoms with Crippen molar-refractivity contribution < 1.29 is 9.90 Å². The Hall–Kier alpha value is -2.39. The second kappa shape index (κ2) is 9.01. The maximum Gasteiger partial charge on any atom is 0.336 e. The highest BCUT2D eigenvalue weighted by molar-refractivity contribution is 5.96. The number of allylic oxidation sites excluding steroid dienone is 2. The summed E-state index contributed by atoms with van der Waals surface area (Å²) in [4.78, 5) is 14.0. The summed E-state index contributed by atoms with van der Waals surface area (Å²) in [5.41, 5.74) is 4.41. The van der Waals surface area contributed by atoms with E-state index in [2.05, 4.69) is 24.1 Å². The molecule has 0 saturated carbocycles. The van der Waals surface area contributed by atoms with Crippen molar-refractivity contribution in [2.24, 2.45) is 5.92 Å². The Morgan fingerprint density at radius 3 is 2.70 bits per heavy atom. The molecule has 3 rings (SSSR count). The Bertz CT molecular complexity index is 825. The van der Waals surface area contributed by atoms with Crippen LogP contribution in [0.15, 0.2) is 54.6 Å². The zero-order valence-electron chi connectivity index (χ0n) is 16.3. The van der Waals surface area contributed by atoms with E-state index < -0.39 is 5.97 Å². The van der Waals surface area contributed by atoms with Crippen molar-refractivity contribution in [2.45, 2.75) is 39.2 Å². The molecule has 0 aromatic heterocycles. The van der Waals surface area contributed by atoms with Crippen LogP contribution < -0.4 is 0 Å². The van der Waals surface area contributed by atoms with Crippen LogP contribution >= 0.6 is 0 Å². The molecule has 1 aliphatic carbocycles. The van der Waals surface area contributed by atoms with Crippen LogP contribution in [0.5, 0.6) is 0 Å². The van der Waals surface area contributed by atoms with E-state index in [1.165, 1.54) is 25.7 Å². The molecule has 0 amide bonds. The normalized spacial score (nSPS) is 16.6. The first kappa shape index (κ1) is 19.4. The first-order valence-electron chi connectivity index (χ1n) is 9.82. The molecule has 3 heteroatoms. The number of carboxylic acids is 1. The SMILES string of the molecule is Cc1ccccc1-c1cc(CN(C)CCC2C=CCCC2)ccc1C(=O)O. The van der Waals surface area contributed by atoms with Crippen molar-refractivity contribution in [3.63, 3.8) is 0 Å². The van der Waals surface area contributed by atoms with Gasteiger partial charge in [-0.1, -0.05) is 42.5 Å². The summed E-state index contributed by atoms with van der Waals surface area (Å²) in [7, 11) is 2.14. The first-order chi connectivity index (χ1) is 13.0. The lowest BCUT2D eigenvalue weighted by Gasteiger charge is -2.22. The smallest absolute Gasteiger partial charge is 0.336 e. The molecule has 27 heavy (non-hydrogen) atoms. The average molecular weight is 364 g/mol. The Kier molecular flexibility index (Phi) is 6.46. The van der Waals surface area contributed by atoms with Gasteiger partial charge in [-0.05, 0) is 86.5 Å². The fourth-order valence-corrected chi connectivity index (χ4v) is 3.87. The largest absolute Gasteiger partial charge is 0.478 e. The molecule has 1 N–H and O–H groups in total. The molecule has 0 radical (unpaired) electrons. The number of benzene rings is 2. The van der Waals surface area contributed by atoms with Gasteiger partial charge in [-0.25, -0.2) is 4.79 Å². The van der Waals surface area contributed by atoms with Crippen LogP contribution in [0.3, 0.4) is 0 Å². The molecule has 142 valence electrons. The van der Waals surface area contributed by atoms with Crippen molar-refractivity contribution in [1.29, 1.82) is 0 Å². The van der Waals surface area contributed by atoms with E-state index >= 15 is 0 Å². The minimum Gasteiger partial charge on any atom is -0.478 e. The van der Waals surface area contributed by atoms with E-state index in [0.29, 0.717) is 11.5 Å². The Labute approximate surface area is 162 Å². The highest BCUT2D eigenvalue weighted by Crippen LogP contribution is 2.28. The van der Waals surface area contributed by atoms with Crippen molar-refractivity contribution in [3.05, 3.63) is 71.3 Å². The molecule has 0 aliphatic heterocycles. The predicted octanol–water partition coefficient (Wildman–Crippen LogP) is 5.54. The number of rotatable bonds is 7. The molecular formula is C24H29NO2. The molecule has 2 aromatic carbocycles. The summed E-state index contributed by atoms with van der Waals surface area (Å²) in [6.07, 6.45) is 9.70. The summed E-state index contributed by atoms with van der Waals surface area (Å²) in [6, 6.07) is 13.7. The van der Waals surface area contributed by atoms with Gasteiger partial charge in [0.05, 0.1) is 5.56 Å². The number of carbonyl (C=O) groups is 1. The Morgan fingerprint density at radius 2 is 2.00 bits per heavy atom. The third-order valence-electron chi connectivity index (χ3n) is 5.44. The van der Waals surface area contributed by atoms with Gasteiger partial charge in [-0.3, -0.25) is 0 Å². The maximum absolute atomic E-state index is 11.7. The molecule has 0 fully saturated rings. The summed E-state index contributed by atoms with van der Waals surface area (Å²) < 4.78 is 0. The number of aromatic carboxylic acids is 1. The van der Waals surface area contributed by atoms with Crippen molar-refractivity contribution >= 4 is 5.97 Å². The zero-order valence-corrected chi connectivity index (χ0v) is 16.3. The average Bonchev–Trinajstić information content (AvgIpc) is 2.67. The summed E-state index contributed by atoms with van der Waals surface area (Å²) in [6.45, 7) is 3.90. The minimum atomic E-state index is -0.878. The van der Waals surface area contributed by atoms with Crippen molar-refractivity contribution in [3.8, 4) is 11.1 Å². The van der Waals surface area contributed by atoms with Gasteiger partial charge in [0.2, 0.25) is 0 Å². The standard InChI is InChI=1S/C24H29NO2/c1-18-8-6-7-11-21(18)23-16-20(12-13-22(23)24(26)27)17-25(2)15-14-19-9-4-3-5-10-19/h4,6-9,11-13,16,19H,3,5,10,14-15,17H2,1-2H3,(H,26,27). The number of carboxylic acid groups (broad SMARTS) is 1. The van der Waals surface area contributed by atoms with Crippen LogP contribution in [-0.2, 0) is 6.54 Å². The molecule has 3 nitrogen and oxygen atoms in total. The zero-order chi connectivity index (χ0) is 19.2. The fraction of sp³-hybridized carbons (Fsp3) is 0.375. The molecule has 0 heterocycles. The lowest BCUT2D eigenvalue weighted by molar-refractivity contribution is 0.0697. The van der Waals surface area contributed by atoms with Crippen LogP contribution in [0.25, 0.3) is 11.1 Å². The Morgan fingerprint density at radius 1 is 1.19 bits per heavy atom. The van der Waals surface area contributed by atoms with Crippen molar-refractivity contribution in [1.82, 2.24) is 4.90 Å². The molecule has 1 aliphatic rings. The van der Waals surface area contributed by atoms with Gasteiger partial charge in [0.1, 0.15) is 0 Å². The predicted molar refractivity (Wildman–Crippen MR) is 111 cm³/mol. The first-order valence-corrected chi connectivity index (χ1v) is 9.82. The van der Waals surface area contributed by atoms with E-state index in [9.17, 15) is 9.90 Å². The summed E-state index contributed by atoms with van der Waals surface area (Å²) in [5.74, 6) is -0.171. The quantitative estimate of drug-likeness (QED) is 0.657. The van der Waals surface area contributed by atoms with Gasteiger partial charge in [-0.2, -0.15) is 0 Å². The lowest BCUT2D eigenvalue weighted by Crippen LogP contribution is -2.21. The van der Waals surface area contributed by atoms with Gasteiger partial charge in [0, 0.05) is 6.54 Å². The topological polar surface area (TPSA) is 40.5 Å². The summed E-state index contributed by atoms with van der Waals surface area (Å²) >= 11 is 0. The van der Waals surface area contributed by atoms with Crippen molar-refractivity contribution in [2.75, 3.05) is 13.6 Å². The molecule has 0 bridgehead atoms. The van der Waals surface area contributed by atoms with E-state index in [4.69, 9.17) is 0 Å². The van der Waals surface area contributed by atoms with Gasteiger partial charge in [0.15, 0.2) is 0 Å². The monoisotopic (exact) mass is 363 g/mol. The number of hydrogen-bond donors (Lipinski definition) is 1. The van der Waals surface area contributed by atoms with E-state index in [1.807, 2.05) is 43.3 Å². The van der Waals surface area contributed by atoms with E-state index in [1.54, 1.807) is 6.07 Å². The molecule has 1 unspecified atom stereocenters. The maximum atomic E-state index is 11.7. The van der Waals surface area contributed by atoms with Gasteiger partial charge >= 0.3 is 5.97 Å². The fourth-order valence-electron chi connectivity index (χ4n) is 3.87. The van der Waals surface area contributed by atoms with Gasteiger partial charge in [0.25, 0.3) is 0 Å². The summed E-state index contributed by atoms with van der Waals surface area (Å²) in [5, 5.41) is 9.60. The van der Waals surface area contributed by atoms with E-state index in [-0.39, 0.29) is 0 Å². The highest BCUT2D eigenvalue weighted by atomic mass is 16.4. The third kappa shape index (κ3) is 5.08. The number of nitrogens with zero attached hydrogens (tertiary/aromatic N) is 1. The third-order valence-corrected chi connectivity index (χ3v) is 5.44. The molecule has 0 spiro atoms. The van der Waals surface area contributed by atoms with Crippen LogP contribution in [-0.4, -0.2) is 29.6 Å². The molecule has 2 aromatic rings.